The van der Waals surface area contributed by atoms with Crippen molar-refractivity contribution in [3.8, 4) is 5.75 Å². The number of aryl methyl sites for hydroxylation is 1. The van der Waals surface area contributed by atoms with Crippen LogP contribution in [0.2, 0.25) is 0 Å². The zero-order valence-electron chi connectivity index (χ0n) is 15.0. The van der Waals surface area contributed by atoms with Gasteiger partial charge >= 0.3 is 0 Å². The quantitative estimate of drug-likeness (QED) is 0.732. The highest BCUT2D eigenvalue weighted by molar-refractivity contribution is 8.25. The molecule has 0 aliphatic carbocycles. The number of hydrogen-bond acceptors (Lipinski definition) is 5. The summed E-state index contributed by atoms with van der Waals surface area (Å²) < 4.78 is 0.554. The molecule has 2 N–H and O–H groups in total. The van der Waals surface area contributed by atoms with Crippen molar-refractivity contribution < 1.29 is 9.90 Å². The Hall–Kier alpha value is -2.05. The molecular formula is C20H22N2O2S2. The largest absolute Gasteiger partial charge is 0.508 e. The molecule has 2 aromatic carbocycles. The zero-order valence-corrected chi connectivity index (χ0v) is 16.7. The van der Waals surface area contributed by atoms with Crippen LogP contribution >= 0.6 is 24.0 Å². The summed E-state index contributed by atoms with van der Waals surface area (Å²) in [5, 5.41) is 13.2. The molecule has 1 amide bonds. The van der Waals surface area contributed by atoms with Gasteiger partial charge in [0, 0.05) is 12.2 Å². The van der Waals surface area contributed by atoms with Crippen molar-refractivity contribution >= 4 is 45.6 Å². The van der Waals surface area contributed by atoms with Gasteiger partial charge in [0.15, 0.2) is 0 Å². The Morgan fingerprint density at radius 2 is 1.96 bits per heavy atom. The van der Waals surface area contributed by atoms with Gasteiger partial charge in [0.1, 0.15) is 15.3 Å². The maximum atomic E-state index is 13.0. The van der Waals surface area contributed by atoms with Crippen molar-refractivity contribution in [2.45, 2.75) is 31.9 Å². The van der Waals surface area contributed by atoms with Crippen LogP contribution in [0.3, 0.4) is 0 Å². The van der Waals surface area contributed by atoms with E-state index in [1.165, 1.54) is 11.8 Å². The number of nitrogens with zero attached hydrogens (tertiary/aromatic N) is 1. The molecule has 4 nitrogen and oxygen atoms in total. The lowest BCUT2D eigenvalue weighted by molar-refractivity contribution is -0.116. The van der Waals surface area contributed by atoms with Gasteiger partial charge in [-0.05, 0) is 48.2 Å². The summed E-state index contributed by atoms with van der Waals surface area (Å²) in [6.07, 6.45) is 0. The zero-order chi connectivity index (χ0) is 18.8. The lowest BCUT2D eigenvalue weighted by Gasteiger charge is -2.21. The third kappa shape index (κ3) is 3.71. The number of phenolic OH excluding ortho intramolecular Hbond substituents is 1. The highest BCUT2D eigenvalue weighted by Crippen LogP contribution is 2.38. The summed E-state index contributed by atoms with van der Waals surface area (Å²) in [7, 11) is 0. The molecule has 1 aliphatic rings. The third-order valence-corrected chi connectivity index (χ3v) is 5.90. The van der Waals surface area contributed by atoms with Crippen LogP contribution in [0.5, 0.6) is 5.75 Å². The first-order chi connectivity index (χ1) is 12.4. The number of amides is 1. The molecule has 1 unspecified atom stereocenters. The predicted molar refractivity (Wildman–Crippen MR) is 113 cm³/mol. The van der Waals surface area contributed by atoms with Gasteiger partial charge in [-0.15, -0.1) is 0 Å². The highest BCUT2D eigenvalue weighted by Gasteiger charge is 2.38. The van der Waals surface area contributed by atoms with E-state index in [9.17, 15) is 9.90 Å². The summed E-state index contributed by atoms with van der Waals surface area (Å²) in [5.41, 5.74) is 3.39. The molecule has 0 radical (unpaired) electrons. The molecule has 0 bridgehead atoms. The number of nitrogens with one attached hydrogen (secondary N) is 1. The van der Waals surface area contributed by atoms with Crippen molar-refractivity contribution in [3.63, 3.8) is 0 Å². The van der Waals surface area contributed by atoms with Gasteiger partial charge in [-0.2, -0.15) is 0 Å². The SMILES string of the molecule is Cc1cc(O)c(C(C)C)cc1N1C(=O)C(CNc2ccccc2)SC1=S. The fourth-order valence-electron chi connectivity index (χ4n) is 2.97. The average molecular weight is 387 g/mol. The highest BCUT2D eigenvalue weighted by atomic mass is 32.2. The van der Waals surface area contributed by atoms with Crippen molar-refractivity contribution in [2.24, 2.45) is 0 Å². The number of para-hydroxylation sites is 1. The molecule has 0 spiro atoms. The molecular weight excluding hydrogens is 364 g/mol. The second-order valence-corrected chi connectivity index (χ2v) is 8.48. The number of rotatable bonds is 5. The van der Waals surface area contributed by atoms with E-state index in [4.69, 9.17) is 12.2 Å². The van der Waals surface area contributed by atoms with Gasteiger partial charge in [-0.3, -0.25) is 9.69 Å². The Bertz CT molecular complexity index is 837. The number of phenols is 1. The Kier molecular flexibility index (Phi) is 5.53. The second-order valence-electron chi connectivity index (χ2n) is 6.65. The maximum Gasteiger partial charge on any atom is 0.247 e. The van der Waals surface area contributed by atoms with Crippen molar-refractivity contribution in [2.75, 3.05) is 16.8 Å². The number of anilines is 2. The molecule has 0 saturated carbocycles. The molecule has 1 fully saturated rings. The van der Waals surface area contributed by atoms with Crippen LogP contribution in [0.25, 0.3) is 0 Å². The Balaban J connectivity index is 1.82. The first-order valence-electron chi connectivity index (χ1n) is 8.55. The average Bonchev–Trinajstić information content (AvgIpc) is 2.88. The Labute approximate surface area is 163 Å². The molecule has 1 heterocycles. The minimum atomic E-state index is -0.265. The number of carbonyl (C=O) groups excluding carboxylic acids is 1. The molecule has 2 aromatic rings. The lowest BCUT2D eigenvalue weighted by Crippen LogP contribution is -2.34. The monoisotopic (exact) mass is 386 g/mol. The molecule has 26 heavy (non-hydrogen) atoms. The van der Waals surface area contributed by atoms with Crippen LogP contribution in [0, 0.1) is 6.92 Å². The summed E-state index contributed by atoms with van der Waals surface area (Å²) in [5.74, 6) is 0.393. The molecule has 136 valence electrons. The van der Waals surface area contributed by atoms with Crippen LogP contribution in [-0.2, 0) is 4.79 Å². The van der Waals surface area contributed by atoms with E-state index in [1.807, 2.05) is 57.2 Å². The summed E-state index contributed by atoms with van der Waals surface area (Å²) in [4.78, 5) is 14.6. The number of hydrogen-bond donors (Lipinski definition) is 2. The van der Waals surface area contributed by atoms with Crippen molar-refractivity contribution in [1.82, 2.24) is 0 Å². The van der Waals surface area contributed by atoms with E-state index in [-0.39, 0.29) is 22.8 Å². The number of thiocarbonyl (C=S) groups is 1. The Morgan fingerprint density at radius 1 is 1.27 bits per heavy atom. The van der Waals surface area contributed by atoms with Crippen LogP contribution in [0.1, 0.15) is 30.9 Å². The fourth-order valence-corrected chi connectivity index (χ4v) is 4.42. The van der Waals surface area contributed by atoms with Crippen molar-refractivity contribution in [1.29, 1.82) is 0 Å². The van der Waals surface area contributed by atoms with Gasteiger partial charge < -0.3 is 10.4 Å². The molecule has 1 aliphatic heterocycles. The predicted octanol–water partition coefficient (Wildman–Crippen LogP) is 4.67. The second kappa shape index (κ2) is 7.68. The van der Waals surface area contributed by atoms with Crippen molar-refractivity contribution in [3.05, 3.63) is 53.6 Å². The summed E-state index contributed by atoms with van der Waals surface area (Å²) in [6, 6.07) is 13.4. The normalized spacial score (nSPS) is 17.2. The summed E-state index contributed by atoms with van der Waals surface area (Å²) >= 11 is 6.89. The first kappa shape index (κ1) is 18.7. The Morgan fingerprint density at radius 3 is 2.62 bits per heavy atom. The van der Waals surface area contributed by atoms with Gasteiger partial charge in [0.25, 0.3) is 0 Å². The van der Waals surface area contributed by atoms with Crippen LogP contribution in [-0.4, -0.2) is 27.1 Å². The van der Waals surface area contributed by atoms with Crippen LogP contribution < -0.4 is 10.2 Å². The topological polar surface area (TPSA) is 52.6 Å². The van der Waals surface area contributed by atoms with Crippen LogP contribution in [0.4, 0.5) is 11.4 Å². The van der Waals surface area contributed by atoms with E-state index in [1.54, 1.807) is 11.0 Å². The molecule has 6 heteroatoms. The van der Waals surface area contributed by atoms with Gasteiger partial charge in [-0.25, -0.2) is 0 Å². The minimum Gasteiger partial charge on any atom is -0.508 e. The molecule has 0 aromatic heterocycles. The van der Waals surface area contributed by atoms with Crippen LogP contribution in [0.15, 0.2) is 42.5 Å². The van der Waals surface area contributed by atoms with E-state index >= 15 is 0 Å². The van der Waals surface area contributed by atoms with E-state index in [0.29, 0.717) is 10.9 Å². The number of carbonyl (C=O) groups is 1. The first-order valence-corrected chi connectivity index (χ1v) is 9.84. The molecule has 1 atom stereocenters. The fraction of sp³-hybridized carbons (Fsp3) is 0.300. The maximum absolute atomic E-state index is 13.0. The van der Waals surface area contributed by atoms with E-state index in [2.05, 4.69) is 5.32 Å². The summed E-state index contributed by atoms with van der Waals surface area (Å²) in [6.45, 7) is 6.42. The molecule has 3 rings (SSSR count). The van der Waals surface area contributed by atoms with Gasteiger partial charge in [0.2, 0.25) is 5.91 Å². The van der Waals surface area contributed by atoms with E-state index in [0.717, 1.165) is 22.5 Å². The molecule has 1 saturated heterocycles. The van der Waals surface area contributed by atoms with Gasteiger partial charge in [-0.1, -0.05) is 56.0 Å². The van der Waals surface area contributed by atoms with Gasteiger partial charge in [0.05, 0.1) is 5.69 Å². The van der Waals surface area contributed by atoms with E-state index < -0.39 is 0 Å². The number of benzene rings is 2. The third-order valence-electron chi connectivity index (χ3n) is 4.39. The minimum absolute atomic E-state index is 0.0214. The number of thioether (sulfide) groups is 1. The number of aromatic hydroxyl groups is 1. The smallest absolute Gasteiger partial charge is 0.247 e. The lowest BCUT2D eigenvalue weighted by atomic mass is 9.98. The standard InChI is InChI=1S/C20H22N2O2S2/c1-12(2)15-10-16(13(3)9-17(15)23)22-19(24)18(26-20(22)25)11-21-14-7-5-4-6-8-14/h4-10,12,18,21,23H,11H2,1-3H3.